The van der Waals surface area contributed by atoms with E-state index < -0.39 is 11.7 Å². The first-order chi connectivity index (χ1) is 15.3. The first-order valence-electron chi connectivity index (χ1n) is 10.4. The molecular weight excluding hydrogens is 417 g/mol. The number of aryl methyl sites for hydroxylation is 1. The van der Waals surface area contributed by atoms with Crippen molar-refractivity contribution in [3.05, 3.63) is 87.0 Å². The van der Waals surface area contributed by atoms with Gasteiger partial charge >= 0.3 is 6.18 Å². The van der Waals surface area contributed by atoms with Crippen LogP contribution >= 0.6 is 0 Å². The maximum Gasteiger partial charge on any atom is 0.416 e. The summed E-state index contributed by atoms with van der Waals surface area (Å²) in [6, 6.07) is 11.0. The van der Waals surface area contributed by atoms with Crippen LogP contribution in [0.1, 0.15) is 27.9 Å². The average molecular weight is 438 g/mol. The van der Waals surface area contributed by atoms with Crippen LogP contribution in [0, 0.1) is 6.92 Å². The highest BCUT2D eigenvalue weighted by atomic mass is 19.4. The third-order valence-electron chi connectivity index (χ3n) is 5.96. The van der Waals surface area contributed by atoms with Gasteiger partial charge in [-0.15, -0.1) is 0 Å². The highest BCUT2D eigenvalue weighted by Gasteiger charge is 2.30. The van der Waals surface area contributed by atoms with Crippen molar-refractivity contribution in [2.24, 2.45) is 0 Å². The number of aromatic amines is 2. The lowest BCUT2D eigenvalue weighted by atomic mass is 10.0. The number of H-pyrrole nitrogens is 2. The van der Waals surface area contributed by atoms with Gasteiger partial charge < -0.3 is 9.97 Å². The summed E-state index contributed by atoms with van der Waals surface area (Å²) >= 11 is 0. The van der Waals surface area contributed by atoms with E-state index in [-0.39, 0.29) is 11.4 Å². The van der Waals surface area contributed by atoms with Crippen molar-refractivity contribution in [3.8, 4) is 11.4 Å². The zero-order valence-corrected chi connectivity index (χ0v) is 17.4. The number of alkyl halides is 3. The van der Waals surface area contributed by atoms with Crippen LogP contribution in [0.4, 0.5) is 13.2 Å². The number of benzene rings is 2. The van der Waals surface area contributed by atoms with Gasteiger partial charge in [0.2, 0.25) is 0 Å². The van der Waals surface area contributed by atoms with E-state index in [1.807, 2.05) is 6.20 Å². The molecule has 0 saturated carbocycles. The van der Waals surface area contributed by atoms with Gasteiger partial charge in [-0.3, -0.25) is 9.69 Å². The van der Waals surface area contributed by atoms with Crippen molar-refractivity contribution in [2.75, 3.05) is 6.54 Å². The van der Waals surface area contributed by atoms with E-state index >= 15 is 0 Å². The monoisotopic (exact) mass is 438 g/mol. The lowest BCUT2D eigenvalue weighted by Gasteiger charge is -2.27. The van der Waals surface area contributed by atoms with Crippen LogP contribution in [0.15, 0.2) is 53.5 Å². The number of nitrogens with zero attached hydrogens (tertiary/aromatic N) is 2. The van der Waals surface area contributed by atoms with Gasteiger partial charge in [0, 0.05) is 47.9 Å². The van der Waals surface area contributed by atoms with Crippen molar-refractivity contribution in [1.29, 1.82) is 0 Å². The summed E-state index contributed by atoms with van der Waals surface area (Å²) in [6.07, 6.45) is -1.82. The number of hydrogen-bond acceptors (Lipinski definition) is 3. The smallest absolute Gasteiger partial charge is 0.361 e. The van der Waals surface area contributed by atoms with Gasteiger partial charge in [0.15, 0.2) is 0 Å². The molecule has 1 aliphatic rings. The minimum absolute atomic E-state index is 0.229. The molecule has 164 valence electrons. The second-order valence-corrected chi connectivity index (χ2v) is 8.24. The fourth-order valence-electron chi connectivity index (χ4n) is 4.25. The molecule has 0 bridgehead atoms. The highest BCUT2D eigenvalue weighted by molar-refractivity contribution is 5.83. The molecule has 0 fully saturated rings. The number of fused-ring (bicyclic) bond motifs is 2. The SMILES string of the molecule is Cc1ccc2[nH]cc(CN3CCc4c(nc(-c5ccc(C(F)(F)F)cc5)[nH]c4=O)C3)c2c1. The Morgan fingerprint density at radius 1 is 1.12 bits per heavy atom. The molecule has 0 aliphatic carbocycles. The van der Waals surface area contributed by atoms with Crippen LogP contribution in [0.3, 0.4) is 0 Å². The third-order valence-corrected chi connectivity index (χ3v) is 5.96. The molecule has 0 unspecified atom stereocenters. The summed E-state index contributed by atoms with van der Waals surface area (Å²) in [5.41, 5.74) is 4.26. The first kappa shape index (κ1) is 20.5. The van der Waals surface area contributed by atoms with E-state index in [0.717, 1.165) is 24.2 Å². The number of halogens is 3. The molecular formula is C24H21F3N4O. The molecule has 2 N–H and O–H groups in total. The summed E-state index contributed by atoms with van der Waals surface area (Å²) in [5, 5.41) is 1.18. The Morgan fingerprint density at radius 3 is 2.66 bits per heavy atom. The molecule has 8 heteroatoms. The van der Waals surface area contributed by atoms with Gasteiger partial charge in [0.1, 0.15) is 5.82 Å². The molecule has 0 spiro atoms. The van der Waals surface area contributed by atoms with Crippen LogP contribution in [-0.2, 0) is 25.7 Å². The van der Waals surface area contributed by atoms with Gasteiger partial charge in [-0.1, -0.05) is 23.8 Å². The predicted molar refractivity (Wildman–Crippen MR) is 116 cm³/mol. The fraction of sp³-hybridized carbons (Fsp3) is 0.250. The van der Waals surface area contributed by atoms with E-state index in [9.17, 15) is 18.0 Å². The van der Waals surface area contributed by atoms with Crippen molar-refractivity contribution < 1.29 is 13.2 Å². The standard InChI is InChI=1S/C24H21F3N4O/c1-14-2-7-20-19(10-14)16(11-28-20)12-31-9-8-18-21(13-31)29-22(30-23(18)32)15-3-5-17(6-4-15)24(25,26)27/h2-7,10-11,28H,8-9,12-13H2,1H3,(H,29,30,32). The summed E-state index contributed by atoms with van der Waals surface area (Å²) < 4.78 is 38.5. The summed E-state index contributed by atoms with van der Waals surface area (Å²) in [4.78, 5) is 25.5. The lowest BCUT2D eigenvalue weighted by molar-refractivity contribution is -0.137. The number of rotatable bonds is 3. The zero-order chi connectivity index (χ0) is 22.5. The second-order valence-electron chi connectivity index (χ2n) is 8.24. The van der Waals surface area contributed by atoms with Gasteiger partial charge in [0.05, 0.1) is 11.3 Å². The molecule has 0 amide bonds. The topological polar surface area (TPSA) is 64.8 Å². The second kappa shape index (κ2) is 7.63. The normalized spacial score (nSPS) is 14.6. The van der Waals surface area contributed by atoms with E-state index in [0.29, 0.717) is 36.3 Å². The molecule has 0 saturated heterocycles. The number of nitrogens with one attached hydrogen (secondary N) is 2. The molecule has 5 nitrogen and oxygen atoms in total. The van der Waals surface area contributed by atoms with Gasteiger partial charge in [-0.2, -0.15) is 13.2 Å². The summed E-state index contributed by atoms with van der Waals surface area (Å²) in [5.74, 6) is 0.284. The van der Waals surface area contributed by atoms with E-state index in [2.05, 4.69) is 45.0 Å². The molecule has 3 heterocycles. The molecule has 32 heavy (non-hydrogen) atoms. The largest absolute Gasteiger partial charge is 0.416 e. The van der Waals surface area contributed by atoms with Gasteiger partial charge in [-0.05, 0) is 43.2 Å². The Labute approximate surface area is 181 Å². The minimum atomic E-state index is -4.41. The molecule has 5 rings (SSSR count). The molecule has 0 atom stereocenters. The van der Waals surface area contributed by atoms with Crippen LogP contribution < -0.4 is 5.56 Å². The van der Waals surface area contributed by atoms with E-state index in [4.69, 9.17) is 0 Å². The maximum absolute atomic E-state index is 12.8. The van der Waals surface area contributed by atoms with Crippen LogP contribution in [0.2, 0.25) is 0 Å². The lowest BCUT2D eigenvalue weighted by Crippen LogP contribution is -2.35. The number of aromatic nitrogens is 3. The first-order valence-corrected chi connectivity index (χ1v) is 10.4. The molecule has 1 aliphatic heterocycles. The molecule has 2 aromatic heterocycles. The predicted octanol–water partition coefficient (Wildman–Crippen LogP) is 4.80. The van der Waals surface area contributed by atoms with Crippen molar-refractivity contribution in [2.45, 2.75) is 32.6 Å². The summed E-state index contributed by atoms with van der Waals surface area (Å²) in [6.45, 7) is 4.01. The third kappa shape index (κ3) is 3.82. The van der Waals surface area contributed by atoms with Crippen molar-refractivity contribution in [1.82, 2.24) is 19.9 Å². The zero-order valence-electron chi connectivity index (χ0n) is 17.4. The Morgan fingerprint density at radius 2 is 1.91 bits per heavy atom. The van der Waals surface area contributed by atoms with Gasteiger partial charge in [0.25, 0.3) is 5.56 Å². The minimum Gasteiger partial charge on any atom is -0.361 e. The quantitative estimate of drug-likeness (QED) is 0.483. The van der Waals surface area contributed by atoms with Crippen LogP contribution in [0.5, 0.6) is 0 Å². The highest BCUT2D eigenvalue weighted by Crippen LogP contribution is 2.30. The van der Waals surface area contributed by atoms with Crippen molar-refractivity contribution >= 4 is 10.9 Å². The summed E-state index contributed by atoms with van der Waals surface area (Å²) in [7, 11) is 0. The Hall–Kier alpha value is -3.39. The van der Waals surface area contributed by atoms with E-state index in [1.54, 1.807) is 0 Å². The van der Waals surface area contributed by atoms with Crippen LogP contribution in [-0.4, -0.2) is 26.4 Å². The Balaban J connectivity index is 1.42. The Kier molecular flexibility index (Phi) is 4.89. The van der Waals surface area contributed by atoms with Gasteiger partial charge in [-0.25, -0.2) is 4.98 Å². The van der Waals surface area contributed by atoms with E-state index in [1.165, 1.54) is 28.6 Å². The molecule has 0 radical (unpaired) electrons. The fourth-order valence-corrected chi connectivity index (χ4v) is 4.25. The number of hydrogen-bond donors (Lipinski definition) is 2. The molecule has 2 aromatic carbocycles. The molecule has 4 aromatic rings. The van der Waals surface area contributed by atoms with Crippen LogP contribution in [0.25, 0.3) is 22.3 Å². The average Bonchev–Trinajstić information content (AvgIpc) is 3.14. The Bertz CT molecular complexity index is 1350. The maximum atomic E-state index is 12.8. The van der Waals surface area contributed by atoms with Crippen molar-refractivity contribution in [3.63, 3.8) is 0 Å².